The van der Waals surface area contributed by atoms with E-state index in [4.69, 9.17) is 19.4 Å². The standard InChI is InChI=1S/C26H31N7O3S/c1-16-12-18(6-7-27-16)25-29-20(15-36-25)24(34)28-19-13-21-22(30-23(19)32-8-4-3-5-9-32)31-26(37-21)33-10-11-35-17(2)14-33/h6-7,12-13,15,17,25,29H,3-5,8-11,14H2,1-2H3,(H,28,34)/t17-,25?/m0/s1. The first-order valence-electron chi connectivity index (χ1n) is 12.8. The van der Waals surface area contributed by atoms with Gasteiger partial charge >= 0.3 is 0 Å². The van der Waals surface area contributed by atoms with Crippen molar-refractivity contribution in [3.05, 3.63) is 47.6 Å². The first-order chi connectivity index (χ1) is 18.0. The average molecular weight is 522 g/mol. The number of nitrogens with one attached hydrogen (secondary N) is 2. The van der Waals surface area contributed by atoms with Gasteiger partial charge in [-0.2, -0.15) is 4.98 Å². The van der Waals surface area contributed by atoms with Crippen molar-refractivity contribution in [3.63, 3.8) is 0 Å². The molecule has 10 nitrogen and oxygen atoms in total. The lowest BCUT2D eigenvalue weighted by Crippen LogP contribution is -2.41. The van der Waals surface area contributed by atoms with E-state index in [1.165, 1.54) is 12.7 Å². The van der Waals surface area contributed by atoms with Gasteiger partial charge in [0.15, 0.2) is 22.8 Å². The number of piperidine rings is 1. The quantitative estimate of drug-likeness (QED) is 0.520. The van der Waals surface area contributed by atoms with Gasteiger partial charge < -0.3 is 29.9 Å². The molecule has 6 heterocycles. The smallest absolute Gasteiger partial charge is 0.275 e. The summed E-state index contributed by atoms with van der Waals surface area (Å²) in [5.41, 5.74) is 3.58. The normalized spacial score (nSPS) is 21.9. The van der Waals surface area contributed by atoms with Crippen molar-refractivity contribution in [2.45, 2.75) is 45.4 Å². The molecule has 1 unspecified atom stereocenters. The topological polar surface area (TPSA) is 105 Å². The van der Waals surface area contributed by atoms with Crippen molar-refractivity contribution in [2.24, 2.45) is 0 Å². The average Bonchev–Trinajstić information content (AvgIpc) is 3.56. The molecule has 0 spiro atoms. The molecule has 0 saturated carbocycles. The summed E-state index contributed by atoms with van der Waals surface area (Å²) in [6.45, 7) is 8.13. The second-order valence-corrected chi connectivity index (χ2v) is 10.7. The van der Waals surface area contributed by atoms with Crippen molar-refractivity contribution in [1.82, 2.24) is 20.3 Å². The molecule has 0 aromatic carbocycles. The molecular weight excluding hydrogens is 490 g/mol. The van der Waals surface area contributed by atoms with Crippen LogP contribution in [-0.2, 0) is 14.3 Å². The number of amides is 1. The number of hydrogen-bond donors (Lipinski definition) is 2. The summed E-state index contributed by atoms with van der Waals surface area (Å²) in [4.78, 5) is 31.9. The van der Waals surface area contributed by atoms with Crippen molar-refractivity contribution in [2.75, 3.05) is 47.9 Å². The SMILES string of the molecule is Cc1cc(C2NC(C(=O)Nc3cc4sc(N5CCO[C@@H](C)C5)nc4nc3N3CCCCC3)=CO2)ccn1. The highest BCUT2D eigenvalue weighted by molar-refractivity contribution is 7.22. The predicted molar refractivity (Wildman–Crippen MR) is 144 cm³/mol. The van der Waals surface area contributed by atoms with E-state index in [1.807, 2.05) is 25.1 Å². The van der Waals surface area contributed by atoms with Crippen LogP contribution in [-0.4, -0.2) is 59.7 Å². The Kier molecular flexibility index (Phi) is 6.56. The van der Waals surface area contributed by atoms with Crippen LogP contribution in [0.5, 0.6) is 0 Å². The van der Waals surface area contributed by atoms with Crippen LogP contribution >= 0.6 is 11.3 Å². The molecule has 0 aliphatic carbocycles. The third-order valence-electron chi connectivity index (χ3n) is 6.84. The number of thiazole rings is 1. The first kappa shape index (κ1) is 23.9. The molecule has 0 bridgehead atoms. The monoisotopic (exact) mass is 521 g/mol. The summed E-state index contributed by atoms with van der Waals surface area (Å²) < 4.78 is 12.4. The number of fused-ring (bicyclic) bond motifs is 1. The fourth-order valence-corrected chi connectivity index (χ4v) is 5.94. The number of pyridine rings is 2. The van der Waals surface area contributed by atoms with E-state index in [-0.39, 0.29) is 12.0 Å². The molecular formula is C26H31N7O3S. The number of ether oxygens (including phenoxy) is 2. The van der Waals surface area contributed by atoms with Gasteiger partial charge in [0, 0.05) is 43.6 Å². The van der Waals surface area contributed by atoms with E-state index >= 15 is 0 Å². The number of aromatic nitrogens is 3. The van der Waals surface area contributed by atoms with E-state index < -0.39 is 6.23 Å². The van der Waals surface area contributed by atoms with Gasteiger partial charge in [0.25, 0.3) is 5.91 Å². The summed E-state index contributed by atoms with van der Waals surface area (Å²) in [5.74, 6) is 0.507. The fraction of sp³-hybridized carbons (Fsp3) is 0.462. The zero-order valence-corrected chi connectivity index (χ0v) is 21.9. The van der Waals surface area contributed by atoms with E-state index in [9.17, 15) is 4.79 Å². The number of anilines is 3. The molecule has 1 amide bonds. The number of aryl methyl sites for hydroxylation is 1. The lowest BCUT2D eigenvalue weighted by molar-refractivity contribution is -0.113. The van der Waals surface area contributed by atoms with Gasteiger partial charge in [0.1, 0.15) is 12.0 Å². The third-order valence-corrected chi connectivity index (χ3v) is 7.90. The third kappa shape index (κ3) is 5.05. The minimum Gasteiger partial charge on any atom is -0.472 e. The Morgan fingerprint density at radius 1 is 1.16 bits per heavy atom. The van der Waals surface area contributed by atoms with Gasteiger partial charge in [-0.15, -0.1) is 0 Å². The Labute approximate surface area is 219 Å². The van der Waals surface area contributed by atoms with Crippen LogP contribution in [0.1, 0.15) is 43.7 Å². The number of hydrogen-bond acceptors (Lipinski definition) is 10. The maximum absolute atomic E-state index is 13.3. The maximum Gasteiger partial charge on any atom is 0.275 e. The number of rotatable bonds is 5. The molecule has 3 aromatic heterocycles. The predicted octanol–water partition coefficient (Wildman–Crippen LogP) is 3.71. The molecule has 3 aromatic rings. The Morgan fingerprint density at radius 3 is 2.84 bits per heavy atom. The number of nitrogens with zero attached hydrogens (tertiary/aromatic N) is 5. The lowest BCUT2D eigenvalue weighted by Gasteiger charge is -2.30. The summed E-state index contributed by atoms with van der Waals surface area (Å²) >= 11 is 1.60. The Morgan fingerprint density at radius 2 is 2.03 bits per heavy atom. The number of morpholine rings is 1. The highest BCUT2D eigenvalue weighted by atomic mass is 32.1. The number of carbonyl (C=O) groups excluding carboxylic acids is 1. The zero-order chi connectivity index (χ0) is 25.4. The van der Waals surface area contributed by atoms with E-state index in [1.54, 1.807) is 17.5 Å². The van der Waals surface area contributed by atoms with Gasteiger partial charge in [-0.3, -0.25) is 9.78 Å². The van der Waals surface area contributed by atoms with Crippen molar-refractivity contribution >= 4 is 44.2 Å². The molecule has 194 valence electrons. The van der Waals surface area contributed by atoms with Crippen molar-refractivity contribution in [3.8, 4) is 0 Å². The van der Waals surface area contributed by atoms with Crippen LogP contribution in [0.25, 0.3) is 10.3 Å². The number of carbonyl (C=O) groups is 1. The molecule has 6 rings (SSSR count). The van der Waals surface area contributed by atoms with Crippen molar-refractivity contribution in [1.29, 1.82) is 0 Å². The van der Waals surface area contributed by atoms with E-state index in [2.05, 4.69) is 32.3 Å². The van der Waals surface area contributed by atoms with Gasteiger partial charge in [-0.25, -0.2) is 4.98 Å². The Balaban J connectivity index is 1.26. The summed E-state index contributed by atoms with van der Waals surface area (Å²) in [6.07, 6.45) is 6.38. The highest BCUT2D eigenvalue weighted by Crippen LogP contribution is 2.36. The highest BCUT2D eigenvalue weighted by Gasteiger charge is 2.27. The van der Waals surface area contributed by atoms with E-state index in [0.717, 1.165) is 65.9 Å². The summed E-state index contributed by atoms with van der Waals surface area (Å²) in [6, 6.07) is 5.83. The second kappa shape index (κ2) is 10.1. The van der Waals surface area contributed by atoms with Crippen LogP contribution in [0.2, 0.25) is 0 Å². The molecule has 11 heteroatoms. The Hall–Kier alpha value is -3.44. The lowest BCUT2D eigenvalue weighted by atomic mass is 10.1. The van der Waals surface area contributed by atoms with Gasteiger partial charge in [-0.05, 0) is 51.3 Å². The minimum absolute atomic E-state index is 0.168. The minimum atomic E-state index is -0.426. The summed E-state index contributed by atoms with van der Waals surface area (Å²) in [5, 5.41) is 7.22. The molecule has 2 fully saturated rings. The van der Waals surface area contributed by atoms with Crippen LogP contribution in [0.3, 0.4) is 0 Å². The molecule has 3 aliphatic heterocycles. The largest absolute Gasteiger partial charge is 0.472 e. The van der Waals surface area contributed by atoms with E-state index in [0.29, 0.717) is 23.6 Å². The van der Waals surface area contributed by atoms with Crippen LogP contribution in [0.4, 0.5) is 16.6 Å². The van der Waals surface area contributed by atoms with Crippen LogP contribution < -0.4 is 20.4 Å². The molecule has 2 atom stereocenters. The second-order valence-electron chi connectivity index (χ2n) is 9.73. The van der Waals surface area contributed by atoms with Crippen LogP contribution in [0, 0.1) is 6.92 Å². The van der Waals surface area contributed by atoms with Gasteiger partial charge in [0.05, 0.1) is 23.1 Å². The van der Waals surface area contributed by atoms with Crippen LogP contribution in [0.15, 0.2) is 36.4 Å². The van der Waals surface area contributed by atoms with Gasteiger partial charge in [-0.1, -0.05) is 11.3 Å². The van der Waals surface area contributed by atoms with Crippen molar-refractivity contribution < 1.29 is 14.3 Å². The molecule has 3 aliphatic rings. The molecule has 0 radical (unpaired) electrons. The first-order valence-corrected chi connectivity index (χ1v) is 13.6. The molecule has 2 saturated heterocycles. The molecule has 37 heavy (non-hydrogen) atoms. The fourth-order valence-electron chi connectivity index (χ4n) is 4.96. The van der Waals surface area contributed by atoms with Gasteiger partial charge in [0.2, 0.25) is 0 Å². The zero-order valence-electron chi connectivity index (χ0n) is 21.1. The Bertz CT molecular complexity index is 1340. The summed E-state index contributed by atoms with van der Waals surface area (Å²) in [7, 11) is 0. The maximum atomic E-state index is 13.3. The molecule has 2 N–H and O–H groups in total.